The summed E-state index contributed by atoms with van der Waals surface area (Å²) in [4.78, 5) is 4.27. The van der Waals surface area contributed by atoms with Gasteiger partial charge in [-0.1, -0.05) is 17.7 Å². The van der Waals surface area contributed by atoms with Crippen LogP contribution in [0.3, 0.4) is 0 Å². The molecule has 0 aliphatic carbocycles. The average Bonchev–Trinajstić information content (AvgIpc) is 3.29. The van der Waals surface area contributed by atoms with Gasteiger partial charge in [0, 0.05) is 24.3 Å². The smallest absolute Gasteiger partial charge is 0.231 e. The van der Waals surface area contributed by atoms with Crippen molar-refractivity contribution in [3.63, 3.8) is 0 Å². The van der Waals surface area contributed by atoms with Crippen molar-refractivity contribution >= 4 is 39.0 Å². The second kappa shape index (κ2) is 8.17. The van der Waals surface area contributed by atoms with Crippen molar-refractivity contribution in [1.82, 2.24) is 20.1 Å². The number of nitrogens with one attached hydrogen (secondary N) is 2. The number of aliphatic imine (C=N–C) groups is 1. The molecule has 0 amide bonds. The molecule has 28 heavy (non-hydrogen) atoms. The maximum atomic E-state index is 11.6. The lowest BCUT2D eigenvalue weighted by Crippen LogP contribution is -2.22. The fourth-order valence-electron chi connectivity index (χ4n) is 2.55. The molecule has 2 aromatic rings. The van der Waals surface area contributed by atoms with Crippen molar-refractivity contribution in [1.29, 1.82) is 0 Å². The van der Waals surface area contributed by atoms with Gasteiger partial charge in [0.25, 0.3) is 0 Å². The lowest BCUT2D eigenvalue weighted by molar-refractivity contribution is 0.234. The van der Waals surface area contributed by atoms with Crippen LogP contribution in [-0.2, 0) is 10.0 Å². The monoisotopic (exact) mass is 426 g/mol. The van der Waals surface area contributed by atoms with Gasteiger partial charge in [-0.25, -0.2) is 18.0 Å². The Bertz CT molecular complexity index is 1030. The fourth-order valence-corrected chi connectivity index (χ4v) is 3.49. The minimum atomic E-state index is -3.26. The van der Waals surface area contributed by atoms with Gasteiger partial charge in [-0.15, -0.1) is 0 Å². The SMILES string of the molecule is Cc1ccc(N=C(NO)c2nonc2NCC2=CN(S(C)(=O)=O)CC2)cc1Cl. The van der Waals surface area contributed by atoms with E-state index in [0.717, 1.165) is 17.4 Å². The lowest BCUT2D eigenvalue weighted by atomic mass is 10.2. The summed E-state index contributed by atoms with van der Waals surface area (Å²) in [6.45, 7) is 2.61. The third kappa shape index (κ3) is 4.61. The molecule has 0 unspecified atom stereocenters. The summed E-state index contributed by atoms with van der Waals surface area (Å²) in [5.74, 6) is 0.263. The maximum Gasteiger partial charge on any atom is 0.231 e. The molecule has 2 heterocycles. The fraction of sp³-hybridized carbons (Fsp3) is 0.312. The summed E-state index contributed by atoms with van der Waals surface area (Å²) in [5.41, 5.74) is 4.43. The predicted molar refractivity (Wildman–Crippen MR) is 104 cm³/mol. The molecule has 150 valence electrons. The highest BCUT2D eigenvalue weighted by molar-refractivity contribution is 7.88. The Hall–Kier alpha value is -2.63. The van der Waals surface area contributed by atoms with Gasteiger partial charge < -0.3 is 5.32 Å². The number of aromatic nitrogens is 2. The molecule has 0 spiro atoms. The van der Waals surface area contributed by atoms with E-state index in [1.165, 1.54) is 4.31 Å². The molecule has 3 N–H and O–H groups in total. The summed E-state index contributed by atoms with van der Waals surface area (Å²) in [6.07, 6.45) is 3.34. The van der Waals surface area contributed by atoms with Crippen LogP contribution in [0.25, 0.3) is 0 Å². The number of anilines is 1. The number of hydrogen-bond acceptors (Lipinski definition) is 8. The second-order valence-electron chi connectivity index (χ2n) is 6.23. The summed E-state index contributed by atoms with van der Waals surface area (Å²) in [6, 6.07) is 5.19. The summed E-state index contributed by atoms with van der Waals surface area (Å²) < 4.78 is 29.2. The zero-order valence-electron chi connectivity index (χ0n) is 15.2. The molecule has 1 aromatic heterocycles. The lowest BCUT2D eigenvalue weighted by Gasteiger charge is -2.10. The minimum Gasteiger partial charge on any atom is -0.361 e. The number of sulfonamides is 1. The number of aryl methyl sites for hydroxylation is 1. The van der Waals surface area contributed by atoms with Crippen LogP contribution in [0.1, 0.15) is 17.7 Å². The van der Waals surface area contributed by atoms with Gasteiger partial charge >= 0.3 is 0 Å². The maximum absolute atomic E-state index is 11.6. The van der Waals surface area contributed by atoms with Crippen LogP contribution < -0.4 is 10.8 Å². The van der Waals surface area contributed by atoms with Crippen molar-refractivity contribution in [2.45, 2.75) is 13.3 Å². The van der Waals surface area contributed by atoms with Gasteiger partial charge in [0.2, 0.25) is 15.8 Å². The Morgan fingerprint density at radius 3 is 2.86 bits per heavy atom. The third-order valence-corrected chi connectivity index (χ3v) is 5.65. The number of benzene rings is 1. The number of halogens is 1. The first kappa shape index (κ1) is 20.1. The zero-order chi connectivity index (χ0) is 20.3. The molecule has 3 rings (SSSR count). The normalized spacial score (nSPS) is 14.9. The average molecular weight is 427 g/mol. The van der Waals surface area contributed by atoms with Crippen LogP contribution in [0.5, 0.6) is 0 Å². The van der Waals surface area contributed by atoms with Crippen LogP contribution in [-0.4, -0.2) is 53.4 Å². The number of rotatable bonds is 6. The van der Waals surface area contributed by atoms with Crippen LogP contribution in [0.4, 0.5) is 11.5 Å². The van der Waals surface area contributed by atoms with E-state index >= 15 is 0 Å². The Balaban J connectivity index is 1.77. The van der Waals surface area contributed by atoms with Gasteiger partial charge in [0.15, 0.2) is 11.5 Å². The van der Waals surface area contributed by atoms with Crippen molar-refractivity contribution in [2.75, 3.05) is 24.7 Å². The first-order valence-electron chi connectivity index (χ1n) is 8.26. The standard InChI is InChI=1S/C16H19ClN6O4S/c1-10-3-4-12(7-13(10)17)19-16(20-24)14-15(22-27-21-14)18-8-11-5-6-23(9-11)28(2,25)26/h3-4,7,9,24H,5-6,8H2,1-2H3,(H,18,22)(H,19,20). The third-order valence-electron chi connectivity index (χ3n) is 4.10. The number of nitrogens with zero attached hydrogens (tertiary/aromatic N) is 4. The number of hydroxylamine groups is 1. The molecule has 12 heteroatoms. The molecule has 1 aromatic carbocycles. The summed E-state index contributed by atoms with van der Waals surface area (Å²) in [5, 5.41) is 20.6. The summed E-state index contributed by atoms with van der Waals surface area (Å²) in [7, 11) is -3.26. The summed E-state index contributed by atoms with van der Waals surface area (Å²) >= 11 is 6.10. The quantitative estimate of drug-likeness (QED) is 0.363. The molecule has 10 nitrogen and oxygen atoms in total. The van der Waals surface area contributed by atoms with Crippen LogP contribution >= 0.6 is 11.6 Å². The highest BCUT2D eigenvalue weighted by Gasteiger charge is 2.21. The van der Waals surface area contributed by atoms with Crippen molar-refractivity contribution in [3.05, 3.63) is 46.3 Å². The van der Waals surface area contributed by atoms with Gasteiger partial charge in [0.05, 0.1) is 11.9 Å². The van der Waals surface area contributed by atoms with Gasteiger partial charge in [-0.3, -0.25) is 15.0 Å². The Morgan fingerprint density at radius 2 is 2.21 bits per heavy atom. The van der Waals surface area contributed by atoms with E-state index in [2.05, 4.69) is 20.6 Å². The molecule has 0 saturated carbocycles. The molecule has 0 saturated heterocycles. The van der Waals surface area contributed by atoms with E-state index in [9.17, 15) is 13.6 Å². The first-order chi connectivity index (χ1) is 13.3. The minimum absolute atomic E-state index is 0.0156. The van der Waals surface area contributed by atoms with Gasteiger partial charge in [-0.05, 0) is 46.9 Å². The van der Waals surface area contributed by atoms with Gasteiger partial charge in [0.1, 0.15) is 0 Å². The largest absolute Gasteiger partial charge is 0.361 e. The first-order valence-corrected chi connectivity index (χ1v) is 10.5. The van der Waals surface area contributed by atoms with Gasteiger partial charge in [-0.2, -0.15) is 0 Å². The molecule has 1 aliphatic rings. The highest BCUT2D eigenvalue weighted by atomic mass is 35.5. The van der Waals surface area contributed by atoms with Crippen molar-refractivity contribution < 1.29 is 18.3 Å². The Kier molecular flexibility index (Phi) is 5.87. The predicted octanol–water partition coefficient (Wildman–Crippen LogP) is 2.05. The van der Waals surface area contributed by atoms with Crippen molar-refractivity contribution in [2.24, 2.45) is 4.99 Å². The highest BCUT2D eigenvalue weighted by Crippen LogP contribution is 2.23. The molecule has 0 radical (unpaired) electrons. The number of amidine groups is 1. The molecule has 0 fully saturated rings. The second-order valence-corrected chi connectivity index (χ2v) is 8.57. The van der Waals surface area contributed by atoms with E-state index in [0.29, 0.717) is 30.2 Å². The molecule has 1 aliphatic heterocycles. The molecular weight excluding hydrogens is 408 g/mol. The number of hydrogen-bond donors (Lipinski definition) is 3. The Morgan fingerprint density at radius 1 is 1.43 bits per heavy atom. The van der Waals surface area contributed by atoms with E-state index < -0.39 is 10.0 Å². The van der Waals surface area contributed by atoms with Crippen LogP contribution in [0, 0.1) is 6.92 Å². The van der Waals surface area contributed by atoms with Crippen LogP contribution in [0.15, 0.2) is 39.6 Å². The Labute approximate surface area is 166 Å². The van der Waals surface area contributed by atoms with E-state index in [-0.39, 0.29) is 17.3 Å². The van der Waals surface area contributed by atoms with E-state index in [4.69, 9.17) is 16.2 Å². The topological polar surface area (TPSA) is 133 Å². The van der Waals surface area contributed by atoms with E-state index in [1.807, 2.05) is 12.4 Å². The molecule has 0 atom stereocenters. The molecule has 0 bridgehead atoms. The van der Waals surface area contributed by atoms with E-state index in [1.54, 1.807) is 24.4 Å². The zero-order valence-corrected chi connectivity index (χ0v) is 16.8. The molecular formula is C16H19ClN6O4S. The van der Waals surface area contributed by atoms with Crippen LogP contribution in [0.2, 0.25) is 5.02 Å². The van der Waals surface area contributed by atoms with Crippen molar-refractivity contribution in [3.8, 4) is 0 Å².